The Bertz CT molecular complexity index is 831. The molecule has 0 aliphatic carbocycles. The maximum absolute atomic E-state index is 12.5. The average Bonchev–Trinajstić information content (AvgIpc) is 3.07. The van der Waals surface area contributed by atoms with Gasteiger partial charge in [-0.25, -0.2) is 8.42 Å². The number of aromatic nitrogens is 2. The van der Waals surface area contributed by atoms with E-state index < -0.39 is 10.0 Å². The summed E-state index contributed by atoms with van der Waals surface area (Å²) < 4.78 is 33.0. The summed E-state index contributed by atoms with van der Waals surface area (Å²) in [6.07, 6.45) is 2.32. The van der Waals surface area contributed by atoms with Crippen LogP contribution in [-0.2, 0) is 14.8 Å². The summed E-state index contributed by atoms with van der Waals surface area (Å²) in [5.41, 5.74) is 1.70. The van der Waals surface area contributed by atoms with Crippen molar-refractivity contribution in [2.45, 2.75) is 37.7 Å². The standard InChI is InChI=1S/C17H22N4O3S/c1-12-5-6-15(13(2)10-12)25(22,23)21-17-8-7-16(19-20-17)18-11-14-4-3-9-24-14/h5-8,10,14H,3-4,9,11H2,1-2H3,(H,18,19)(H,20,21). The van der Waals surface area contributed by atoms with Gasteiger partial charge in [-0.3, -0.25) is 4.72 Å². The predicted molar refractivity (Wildman–Crippen MR) is 96.2 cm³/mol. The summed E-state index contributed by atoms with van der Waals surface area (Å²) in [5.74, 6) is 0.771. The molecule has 2 N–H and O–H groups in total. The highest BCUT2D eigenvalue weighted by atomic mass is 32.2. The molecule has 25 heavy (non-hydrogen) atoms. The Morgan fingerprint density at radius 2 is 1.92 bits per heavy atom. The minimum atomic E-state index is -3.69. The van der Waals surface area contributed by atoms with Gasteiger partial charge in [0.15, 0.2) is 5.82 Å². The van der Waals surface area contributed by atoms with E-state index in [0.717, 1.165) is 25.0 Å². The highest BCUT2D eigenvalue weighted by molar-refractivity contribution is 7.92. The Balaban J connectivity index is 1.65. The van der Waals surface area contributed by atoms with Crippen LogP contribution >= 0.6 is 0 Å². The number of anilines is 2. The highest BCUT2D eigenvalue weighted by Crippen LogP contribution is 2.20. The molecule has 0 bridgehead atoms. The van der Waals surface area contributed by atoms with Crippen LogP contribution in [0.2, 0.25) is 0 Å². The number of nitrogens with zero attached hydrogens (tertiary/aromatic N) is 2. The number of nitrogens with one attached hydrogen (secondary N) is 2. The van der Waals surface area contributed by atoms with Gasteiger partial charge in [0.1, 0.15) is 5.82 Å². The summed E-state index contributed by atoms with van der Waals surface area (Å²) >= 11 is 0. The molecule has 1 aromatic heterocycles. The first kappa shape index (κ1) is 17.6. The molecule has 1 aliphatic rings. The van der Waals surface area contributed by atoms with Crippen molar-refractivity contribution >= 4 is 21.7 Å². The zero-order valence-corrected chi connectivity index (χ0v) is 15.1. The van der Waals surface area contributed by atoms with Crippen molar-refractivity contribution in [3.63, 3.8) is 0 Å². The zero-order valence-electron chi connectivity index (χ0n) is 14.3. The molecule has 1 fully saturated rings. The van der Waals surface area contributed by atoms with Gasteiger partial charge in [-0.2, -0.15) is 0 Å². The third kappa shape index (κ3) is 4.46. The second-order valence-corrected chi connectivity index (χ2v) is 7.85. The van der Waals surface area contributed by atoms with Gasteiger partial charge < -0.3 is 10.1 Å². The van der Waals surface area contributed by atoms with Crippen LogP contribution in [0.5, 0.6) is 0 Å². The Labute approximate surface area is 147 Å². The lowest BCUT2D eigenvalue weighted by molar-refractivity contribution is 0.120. The number of benzene rings is 1. The van der Waals surface area contributed by atoms with Gasteiger partial charge >= 0.3 is 0 Å². The van der Waals surface area contributed by atoms with Crippen LogP contribution < -0.4 is 10.0 Å². The summed E-state index contributed by atoms with van der Waals surface area (Å²) in [7, 11) is -3.69. The topological polar surface area (TPSA) is 93.2 Å². The summed E-state index contributed by atoms with van der Waals surface area (Å²) in [5, 5.41) is 11.1. The molecule has 1 aromatic carbocycles. The number of hydrogen-bond donors (Lipinski definition) is 2. The van der Waals surface area contributed by atoms with Crippen LogP contribution in [0.1, 0.15) is 24.0 Å². The van der Waals surface area contributed by atoms with E-state index in [2.05, 4.69) is 20.2 Å². The van der Waals surface area contributed by atoms with Crippen LogP contribution in [0.15, 0.2) is 35.2 Å². The Morgan fingerprint density at radius 1 is 1.16 bits per heavy atom. The lowest BCUT2D eigenvalue weighted by atomic mass is 10.2. The Morgan fingerprint density at radius 3 is 2.56 bits per heavy atom. The van der Waals surface area contributed by atoms with E-state index in [1.807, 2.05) is 13.0 Å². The molecule has 1 aliphatic heterocycles. The van der Waals surface area contributed by atoms with Gasteiger partial charge in [0.2, 0.25) is 0 Å². The third-order valence-corrected chi connectivity index (χ3v) is 5.57. The van der Waals surface area contributed by atoms with Crippen LogP contribution in [0.25, 0.3) is 0 Å². The quantitative estimate of drug-likeness (QED) is 0.820. The first-order valence-electron chi connectivity index (χ1n) is 8.23. The Kier molecular flexibility index (Phi) is 5.19. The zero-order chi connectivity index (χ0) is 17.9. The molecule has 8 heteroatoms. The van der Waals surface area contributed by atoms with Crippen molar-refractivity contribution in [2.75, 3.05) is 23.2 Å². The summed E-state index contributed by atoms with van der Waals surface area (Å²) in [4.78, 5) is 0.237. The minimum absolute atomic E-state index is 0.183. The fourth-order valence-corrected chi connectivity index (χ4v) is 4.02. The average molecular weight is 362 g/mol. The summed E-state index contributed by atoms with van der Waals surface area (Å²) in [6, 6.07) is 8.48. The van der Waals surface area contributed by atoms with Crippen LogP contribution in [0.4, 0.5) is 11.6 Å². The monoisotopic (exact) mass is 362 g/mol. The van der Waals surface area contributed by atoms with E-state index in [-0.39, 0.29) is 16.8 Å². The summed E-state index contributed by atoms with van der Waals surface area (Å²) in [6.45, 7) is 5.16. The second kappa shape index (κ2) is 7.37. The van der Waals surface area contributed by atoms with Crippen molar-refractivity contribution in [3.8, 4) is 0 Å². The molecule has 1 saturated heterocycles. The first-order valence-corrected chi connectivity index (χ1v) is 9.72. The van der Waals surface area contributed by atoms with E-state index >= 15 is 0 Å². The molecule has 134 valence electrons. The Hall–Kier alpha value is -2.19. The maximum atomic E-state index is 12.5. The molecular formula is C17H22N4O3S. The van der Waals surface area contributed by atoms with E-state index in [0.29, 0.717) is 17.9 Å². The predicted octanol–water partition coefficient (Wildman–Crippen LogP) is 2.49. The van der Waals surface area contributed by atoms with E-state index in [9.17, 15) is 8.42 Å². The van der Waals surface area contributed by atoms with Gasteiger partial charge in [0.05, 0.1) is 11.0 Å². The van der Waals surface area contributed by atoms with Crippen LogP contribution in [0.3, 0.4) is 0 Å². The largest absolute Gasteiger partial charge is 0.376 e. The number of rotatable bonds is 6. The van der Waals surface area contributed by atoms with Crippen molar-refractivity contribution < 1.29 is 13.2 Å². The normalized spacial score (nSPS) is 17.4. The van der Waals surface area contributed by atoms with Crippen molar-refractivity contribution in [3.05, 3.63) is 41.5 Å². The minimum Gasteiger partial charge on any atom is -0.376 e. The molecular weight excluding hydrogens is 340 g/mol. The SMILES string of the molecule is Cc1ccc(S(=O)(=O)Nc2ccc(NCC3CCCO3)nn2)c(C)c1. The van der Waals surface area contributed by atoms with Crippen molar-refractivity contribution in [1.29, 1.82) is 0 Å². The molecule has 0 radical (unpaired) electrons. The van der Waals surface area contributed by atoms with Crippen molar-refractivity contribution in [1.82, 2.24) is 10.2 Å². The molecule has 0 amide bonds. The second-order valence-electron chi connectivity index (χ2n) is 6.19. The molecule has 1 unspecified atom stereocenters. The van der Waals surface area contributed by atoms with Gasteiger partial charge in [-0.1, -0.05) is 17.7 Å². The number of aryl methyl sites for hydroxylation is 2. The number of ether oxygens (including phenoxy) is 1. The van der Waals surface area contributed by atoms with Gasteiger partial charge in [-0.05, 0) is 50.5 Å². The molecule has 7 nitrogen and oxygen atoms in total. The van der Waals surface area contributed by atoms with Gasteiger partial charge in [0, 0.05) is 13.2 Å². The number of hydrogen-bond acceptors (Lipinski definition) is 6. The van der Waals surface area contributed by atoms with Crippen molar-refractivity contribution in [2.24, 2.45) is 0 Å². The highest BCUT2D eigenvalue weighted by Gasteiger charge is 2.18. The molecule has 2 aromatic rings. The van der Waals surface area contributed by atoms with E-state index in [1.165, 1.54) is 0 Å². The fourth-order valence-electron chi connectivity index (χ4n) is 2.80. The molecule has 1 atom stereocenters. The van der Waals surface area contributed by atoms with Crippen LogP contribution in [-0.4, -0.2) is 37.9 Å². The molecule has 2 heterocycles. The maximum Gasteiger partial charge on any atom is 0.263 e. The van der Waals surface area contributed by atoms with E-state index in [1.54, 1.807) is 31.2 Å². The van der Waals surface area contributed by atoms with Gasteiger partial charge in [0.25, 0.3) is 10.0 Å². The van der Waals surface area contributed by atoms with Gasteiger partial charge in [-0.15, -0.1) is 10.2 Å². The van der Waals surface area contributed by atoms with E-state index in [4.69, 9.17) is 4.74 Å². The molecule has 0 spiro atoms. The lowest BCUT2D eigenvalue weighted by Gasteiger charge is -2.12. The first-order chi connectivity index (χ1) is 11.9. The third-order valence-electron chi connectivity index (χ3n) is 4.06. The smallest absolute Gasteiger partial charge is 0.263 e. The molecule has 3 rings (SSSR count). The number of sulfonamides is 1. The lowest BCUT2D eigenvalue weighted by Crippen LogP contribution is -2.19. The fraction of sp³-hybridized carbons (Fsp3) is 0.412. The van der Waals surface area contributed by atoms with Crippen LogP contribution in [0, 0.1) is 13.8 Å². The molecule has 0 saturated carbocycles.